The average Bonchev–Trinajstić information content (AvgIpc) is 3.82. The molecular weight excluding hydrogens is 545 g/mol. The van der Waals surface area contributed by atoms with Gasteiger partial charge in [-0.15, -0.1) is 0 Å². The van der Waals surface area contributed by atoms with E-state index in [2.05, 4.69) is 6.92 Å². The van der Waals surface area contributed by atoms with E-state index in [1.807, 2.05) is 0 Å². The third kappa shape index (κ3) is 4.07. The minimum atomic E-state index is -2.92. The van der Waals surface area contributed by atoms with Crippen LogP contribution in [-0.4, -0.2) is 46.1 Å². The summed E-state index contributed by atoms with van der Waals surface area (Å²) in [6.07, 6.45) is 33.5. The van der Waals surface area contributed by atoms with Crippen LogP contribution in [0.5, 0.6) is 0 Å². The van der Waals surface area contributed by atoms with Crippen LogP contribution in [0.15, 0.2) is 0 Å². The van der Waals surface area contributed by atoms with E-state index < -0.39 is 11.9 Å². The van der Waals surface area contributed by atoms with Gasteiger partial charge in [0.05, 0.1) is 0 Å². The molecule has 0 aromatic carbocycles. The first-order chi connectivity index (χ1) is 18.5. The van der Waals surface area contributed by atoms with Crippen molar-refractivity contribution in [2.24, 2.45) is 0 Å². The average molecular weight is 606 g/mol. The van der Waals surface area contributed by atoms with Crippen molar-refractivity contribution in [2.45, 2.75) is 201 Å². The Labute approximate surface area is 245 Å². The molecule has 222 valence electrons. The van der Waals surface area contributed by atoms with Crippen LogP contribution in [0.4, 0.5) is 0 Å². The summed E-state index contributed by atoms with van der Waals surface area (Å²) >= 11 is 18.6. The predicted molar refractivity (Wildman–Crippen MR) is 174 cm³/mol. The van der Waals surface area contributed by atoms with E-state index in [-0.39, 0.29) is 5.59 Å². The van der Waals surface area contributed by atoms with Crippen molar-refractivity contribution in [3.63, 3.8) is 0 Å². The Hall–Kier alpha value is 1.40. The van der Waals surface area contributed by atoms with Gasteiger partial charge in [0, 0.05) is 0 Å². The van der Waals surface area contributed by atoms with Crippen molar-refractivity contribution in [3.8, 4) is 0 Å². The Morgan fingerprint density at radius 3 is 0.789 bits per heavy atom. The Bertz CT molecular complexity index is 647. The summed E-state index contributed by atoms with van der Waals surface area (Å²) in [5.74, 6) is -5.84. The van der Waals surface area contributed by atoms with E-state index >= 15 is 0 Å². The molecule has 0 aromatic heterocycles. The molecule has 0 atom stereocenters. The first-order valence-electron chi connectivity index (χ1n) is 17.5. The second-order valence-corrected chi connectivity index (χ2v) is 30.5. The fourth-order valence-electron chi connectivity index (χ4n) is 12.5. The summed E-state index contributed by atoms with van der Waals surface area (Å²) in [5, 5.41) is 0. The second-order valence-electron chi connectivity index (χ2n) is 15.0. The molecule has 0 N–H and O–H groups in total. The van der Waals surface area contributed by atoms with E-state index in [4.69, 9.17) is 4.74 Å². The van der Waals surface area contributed by atoms with Crippen LogP contribution in [0, 0.1) is 0 Å². The van der Waals surface area contributed by atoms with E-state index in [9.17, 15) is 22.5 Å². The normalized spacial score (nSPS) is 31.2. The zero-order valence-corrected chi connectivity index (χ0v) is 28.1. The summed E-state index contributed by atoms with van der Waals surface area (Å²) in [6, 6.07) is 0. The third-order valence-corrected chi connectivity index (χ3v) is 38.3. The van der Waals surface area contributed by atoms with Crippen LogP contribution in [-0.2, 0) is 4.74 Å². The van der Waals surface area contributed by atoms with Crippen molar-refractivity contribution in [2.75, 3.05) is 6.61 Å². The third-order valence-electron chi connectivity index (χ3n) is 13.8. The van der Waals surface area contributed by atoms with Gasteiger partial charge in [0.1, 0.15) is 0 Å². The molecule has 0 bridgehead atoms. The summed E-state index contributed by atoms with van der Waals surface area (Å²) in [5.41, 5.74) is 4.64. The number of ether oxygens (including phenoxy) is 1. The van der Waals surface area contributed by atoms with E-state index in [0.29, 0.717) is 0 Å². The number of halogens is 2. The van der Waals surface area contributed by atoms with Crippen molar-refractivity contribution in [1.29, 1.82) is 0 Å². The van der Waals surface area contributed by atoms with Crippen LogP contribution < -0.4 is 0 Å². The van der Waals surface area contributed by atoms with Crippen molar-refractivity contribution in [3.05, 3.63) is 0 Å². The van der Waals surface area contributed by atoms with Gasteiger partial charge in [-0.2, -0.15) is 0 Å². The Kier molecular flexibility index (Phi) is 8.90. The first kappa shape index (κ1) is 29.5. The number of hydrogen-bond donors (Lipinski definition) is 0. The minimum absolute atomic E-state index is 0.254. The van der Waals surface area contributed by atoms with Crippen molar-refractivity contribution >= 4 is 34.4 Å². The quantitative estimate of drug-likeness (QED) is 0.225. The molecule has 0 saturated heterocycles. The zero-order chi connectivity index (χ0) is 26.3. The topological polar surface area (TPSA) is 9.23 Å². The van der Waals surface area contributed by atoms with Gasteiger partial charge in [-0.1, -0.05) is 0 Å². The molecule has 6 aliphatic carbocycles. The van der Waals surface area contributed by atoms with Gasteiger partial charge in [0.25, 0.3) is 0 Å². The van der Waals surface area contributed by atoms with Gasteiger partial charge in [0.2, 0.25) is 0 Å². The van der Waals surface area contributed by atoms with E-state index in [0.717, 1.165) is 40.6 Å². The van der Waals surface area contributed by atoms with Crippen LogP contribution in [0.3, 0.4) is 0 Å². The van der Waals surface area contributed by atoms with Crippen LogP contribution >= 0.6 is 34.4 Å². The number of hydrogen-bond acceptors (Lipinski definition) is 1. The Morgan fingerprint density at radius 2 is 0.632 bits per heavy atom. The second kappa shape index (κ2) is 11.5. The summed E-state index contributed by atoms with van der Waals surface area (Å²) in [7, 11) is 0. The molecule has 1 nitrogen and oxygen atoms in total. The summed E-state index contributed by atoms with van der Waals surface area (Å²) in [4.78, 5) is 0. The molecule has 0 unspecified atom stereocenters. The Balaban J connectivity index is 1.67. The van der Waals surface area contributed by atoms with Gasteiger partial charge >= 0.3 is 246 Å². The van der Waals surface area contributed by atoms with Crippen molar-refractivity contribution in [1.82, 2.24) is 0 Å². The number of rotatable bonds is 10. The molecule has 6 fully saturated rings. The molecule has 0 radical (unpaired) electrons. The zero-order valence-electron chi connectivity index (χ0n) is 24.8. The maximum absolute atomic E-state index is 9.32. The SMILES string of the molecule is CCOC(P(Cl)(C1CCCC1)(C1CCCC1)C1CCCC1)P(Cl)(C1CCCC1)(C1CCCC1)C1CCCC1. The van der Waals surface area contributed by atoms with Gasteiger partial charge in [0.15, 0.2) is 0 Å². The molecule has 0 heterocycles. The standard InChI is InChI=1S/C33H60Cl2OP2/c1-2-36-33(37(34,27-15-3-4-16-27,28-17-5-6-18-28)29-19-7-8-20-29)38(35,30-21-9-10-22-30,31-23-11-12-24-31)32-25-13-14-26-32/h27-33H,2-26H2,1H3. The van der Waals surface area contributed by atoms with Crippen LogP contribution in [0.2, 0.25) is 0 Å². The molecule has 0 amide bonds. The monoisotopic (exact) mass is 604 g/mol. The van der Waals surface area contributed by atoms with Gasteiger partial charge in [-0.25, -0.2) is 0 Å². The summed E-state index contributed by atoms with van der Waals surface area (Å²) in [6.45, 7) is 3.15. The Morgan fingerprint density at radius 1 is 0.447 bits per heavy atom. The predicted octanol–water partition coefficient (Wildman–Crippen LogP) is 12.4. The van der Waals surface area contributed by atoms with Crippen molar-refractivity contribution < 1.29 is 4.74 Å². The molecule has 0 spiro atoms. The van der Waals surface area contributed by atoms with E-state index in [1.54, 1.807) is 0 Å². The van der Waals surface area contributed by atoms with Gasteiger partial charge < -0.3 is 0 Å². The molecular formula is C33H60Cl2OP2. The van der Waals surface area contributed by atoms with Crippen LogP contribution in [0.1, 0.15) is 161 Å². The van der Waals surface area contributed by atoms with Crippen LogP contribution in [0.25, 0.3) is 0 Å². The fraction of sp³-hybridized carbons (Fsp3) is 1.00. The molecule has 6 saturated carbocycles. The molecule has 6 aliphatic rings. The summed E-state index contributed by atoms with van der Waals surface area (Å²) < 4.78 is 7.71. The first-order valence-corrected chi connectivity index (χ1v) is 24.4. The molecule has 5 heteroatoms. The van der Waals surface area contributed by atoms with E-state index in [1.165, 1.54) is 154 Å². The molecule has 0 aliphatic heterocycles. The molecule has 38 heavy (non-hydrogen) atoms. The maximum atomic E-state index is 9.32. The molecule has 6 rings (SSSR count). The van der Waals surface area contributed by atoms with Gasteiger partial charge in [-0.3, -0.25) is 0 Å². The fourth-order valence-corrected chi connectivity index (χ4v) is 43.2. The van der Waals surface area contributed by atoms with Gasteiger partial charge in [-0.05, 0) is 0 Å². The molecule has 0 aromatic rings.